The molecule has 1 rings (SSSR count). The average molecular weight is 271 g/mol. The maximum Gasteiger partial charge on any atom is 0.341 e. The van der Waals surface area contributed by atoms with Crippen LogP contribution in [0.1, 0.15) is 29.9 Å². The van der Waals surface area contributed by atoms with E-state index in [1.54, 1.807) is 17.8 Å². The van der Waals surface area contributed by atoms with Gasteiger partial charge in [-0.2, -0.15) is 16.9 Å². The summed E-state index contributed by atoms with van der Waals surface area (Å²) in [6.07, 6.45) is 3.65. The third-order valence-electron chi connectivity index (χ3n) is 2.68. The van der Waals surface area contributed by atoms with Crippen molar-refractivity contribution >= 4 is 17.7 Å². The van der Waals surface area contributed by atoms with Crippen molar-refractivity contribution in [1.82, 2.24) is 15.1 Å². The molecule has 0 amide bonds. The normalized spacial score (nSPS) is 12.4. The minimum absolute atomic E-state index is 0.305. The number of thioether (sulfide) groups is 1. The predicted octanol–water partition coefficient (Wildman–Crippen LogP) is 1.44. The highest BCUT2D eigenvalue weighted by Gasteiger charge is 2.16. The van der Waals surface area contributed by atoms with E-state index in [9.17, 15) is 4.79 Å². The zero-order chi connectivity index (χ0) is 13.5. The van der Waals surface area contributed by atoms with Crippen LogP contribution in [-0.2, 0) is 18.3 Å². The second-order valence-electron chi connectivity index (χ2n) is 4.03. The van der Waals surface area contributed by atoms with Crippen LogP contribution in [0.15, 0.2) is 6.20 Å². The molecule has 0 aliphatic carbocycles. The van der Waals surface area contributed by atoms with Gasteiger partial charge < -0.3 is 10.1 Å². The molecule has 0 bridgehead atoms. The second-order valence-corrected chi connectivity index (χ2v) is 5.30. The molecular weight excluding hydrogens is 250 g/mol. The van der Waals surface area contributed by atoms with Gasteiger partial charge in [0, 0.05) is 25.4 Å². The van der Waals surface area contributed by atoms with Crippen molar-refractivity contribution in [2.75, 3.05) is 19.4 Å². The van der Waals surface area contributed by atoms with E-state index in [2.05, 4.69) is 23.6 Å². The zero-order valence-corrected chi connectivity index (χ0v) is 12.2. The van der Waals surface area contributed by atoms with Gasteiger partial charge in [-0.1, -0.05) is 6.92 Å². The number of ether oxygens (including phenoxy) is 1. The Morgan fingerprint density at radius 3 is 3.00 bits per heavy atom. The van der Waals surface area contributed by atoms with Crippen LogP contribution in [-0.4, -0.2) is 40.4 Å². The Balaban J connectivity index is 2.64. The zero-order valence-electron chi connectivity index (χ0n) is 11.4. The van der Waals surface area contributed by atoms with Gasteiger partial charge in [0.2, 0.25) is 0 Å². The van der Waals surface area contributed by atoms with E-state index in [1.165, 1.54) is 0 Å². The molecule has 0 aliphatic heterocycles. The molecule has 0 spiro atoms. The summed E-state index contributed by atoms with van der Waals surface area (Å²) >= 11 is 1.81. The molecule has 0 aliphatic rings. The van der Waals surface area contributed by atoms with E-state index in [0.717, 1.165) is 12.2 Å². The molecule has 6 heteroatoms. The number of carbonyl (C=O) groups excluding carboxylic acids is 1. The summed E-state index contributed by atoms with van der Waals surface area (Å²) in [6, 6.07) is 0. The third-order valence-corrected chi connectivity index (χ3v) is 3.65. The number of hydrogen-bond acceptors (Lipinski definition) is 5. The molecule has 0 radical (unpaired) electrons. The summed E-state index contributed by atoms with van der Waals surface area (Å²) in [5, 5.41) is 7.98. The number of aromatic nitrogens is 2. The number of esters is 1. The summed E-state index contributed by atoms with van der Waals surface area (Å²) in [5.41, 5.74) is 1.41. The lowest BCUT2D eigenvalue weighted by atomic mass is 10.2. The Morgan fingerprint density at radius 1 is 1.67 bits per heavy atom. The first-order valence-corrected chi connectivity index (χ1v) is 7.30. The number of rotatable bonds is 7. The van der Waals surface area contributed by atoms with Crippen LogP contribution in [0.3, 0.4) is 0 Å². The highest BCUT2D eigenvalue weighted by molar-refractivity contribution is 7.99. The number of carbonyl (C=O) groups is 1. The van der Waals surface area contributed by atoms with Gasteiger partial charge in [0.1, 0.15) is 5.56 Å². The molecule has 102 valence electrons. The highest BCUT2D eigenvalue weighted by Crippen LogP contribution is 2.10. The number of aryl methyl sites for hydroxylation is 1. The quantitative estimate of drug-likeness (QED) is 0.760. The van der Waals surface area contributed by atoms with E-state index in [4.69, 9.17) is 4.74 Å². The molecule has 0 fully saturated rings. The first-order chi connectivity index (χ1) is 8.60. The van der Waals surface area contributed by atoms with Crippen LogP contribution in [0.2, 0.25) is 0 Å². The molecule has 0 saturated heterocycles. The summed E-state index contributed by atoms with van der Waals surface area (Å²) in [5.74, 6) is -0.305. The van der Waals surface area contributed by atoms with Crippen molar-refractivity contribution in [2.24, 2.45) is 7.05 Å². The topological polar surface area (TPSA) is 56.1 Å². The molecule has 18 heavy (non-hydrogen) atoms. The van der Waals surface area contributed by atoms with Crippen LogP contribution in [0.5, 0.6) is 0 Å². The first-order valence-electron chi connectivity index (χ1n) is 6.01. The summed E-state index contributed by atoms with van der Waals surface area (Å²) in [7, 11) is 1.83. The highest BCUT2D eigenvalue weighted by atomic mass is 32.2. The molecule has 1 aromatic heterocycles. The molecular formula is C12H21N3O2S. The van der Waals surface area contributed by atoms with Gasteiger partial charge in [0.15, 0.2) is 0 Å². The average Bonchev–Trinajstić information content (AvgIpc) is 2.71. The molecule has 1 aromatic rings. The lowest BCUT2D eigenvalue weighted by Gasteiger charge is -2.11. The molecule has 0 saturated carbocycles. The molecule has 5 nitrogen and oxygen atoms in total. The van der Waals surface area contributed by atoms with Crippen molar-refractivity contribution in [3.63, 3.8) is 0 Å². The van der Waals surface area contributed by atoms with Crippen LogP contribution in [0, 0.1) is 0 Å². The maximum atomic E-state index is 11.7. The maximum absolute atomic E-state index is 11.7. The number of nitrogens with one attached hydrogen (secondary N) is 1. The van der Waals surface area contributed by atoms with Crippen molar-refractivity contribution in [3.8, 4) is 0 Å². The fraction of sp³-hybridized carbons (Fsp3) is 0.667. The molecule has 0 aromatic carbocycles. The summed E-state index contributed by atoms with van der Waals surface area (Å²) < 4.78 is 6.72. The molecule has 1 unspecified atom stereocenters. The smallest absolute Gasteiger partial charge is 0.341 e. The SMILES string of the molecule is CCOC(=O)c1cnn(C)c1CNCC(C)SC. The van der Waals surface area contributed by atoms with Gasteiger partial charge in [0.25, 0.3) is 0 Å². The Bertz CT molecular complexity index is 393. The van der Waals surface area contributed by atoms with Crippen LogP contribution in [0.25, 0.3) is 0 Å². The molecule has 1 N–H and O–H groups in total. The van der Waals surface area contributed by atoms with Crippen molar-refractivity contribution in [2.45, 2.75) is 25.6 Å². The lowest BCUT2D eigenvalue weighted by molar-refractivity contribution is 0.0524. The number of nitrogens with zero attached hydrogens (tertiary/aromatic N) is 2. The fourth-order valence-electron chi connectivity index (χ4n) is 1.53. The van der Waals surface area contributed by atoms with Crippen LogP contribution < -0.4 is 5.32 Å². The second kappa shape index (κ2) is 7.43. The van der Waals surface area contributed by atoms with Gasteiger partial charge in [0.05, 0.1) is 18.5 Å². The third kappa shape index (κ3) is 4.03. The summed E-state index contributed by atoms with van der Waals surface area (Å²) in [6.45, 7) is 5.85. The monoisotopic (exact) mass is 271 g/mol. The van der Waals surface area contributed by atoms with Gasteiger partial charge >= 0.3 is 5.97 Å². The van der Waals surface area contributed by atoms with E-state index in [-0.39, 0.29) is 5.97 Å². The summed E-state index contributed by atoms with van der Waals surface area (Å²) in [4.78, 5) is 11.7. The molecule has 1 heterocycles. The van der Waals surface area contributed by atoms with E-state index in [0.29, 0.717) is 24.0 Å². The van der Waals surface area contributed by atoms with Crippen LogP contribution >= 0.6 is 11.8 Å². The number of hydrogen-bond donors (Lipinski definition) is 1. The van der Waals surface area contributed by atoms with Gasteiger partial charge in [-0.15, -0.1) is 0 Å². The standard InChI is InChI=1S/C12H21N3O2S/c1-5-17-12(16)10-7-14-15(3)11(10)8-13-6-9(2)18-4/h7,9,13H,5-6,8H2,1-4H3. The van der Waals surface area contributed by atoms with Gasteiger partial charge in [-0.05, 0) is 13.2 Å². The fourth-order valence-corrected chi connectivity index (χ4v) is 1.81. The van der Waals surface area contributed by atoms with E-state index < -0.39 is 0 Å². The minimum atomic E-state index is -0.305. The van der Waals surface area contributed by atoms with Crippen LogP contribution in [0.4, 0.5) is 0 Å². The Kier molecular flexibility index (Phi) is 6.21. The van der Waals surface area contributed by atoms with Crippen molar-refractivity contribution in [1.29, 1.82) is 0 Å². The van der Waals surface area contributed by atoms with Crippen molar-refractivity contribution in [3.05, 3.63) is 17.5 Å². The lowest BCUT2D eigenvalue weighted by Crippen LogP contribution is -2.24. The van der Waals surface area contributed by atoms with E-state index in [1.807, 2.05) is 18.8 Å². The minimum Gasteiger partial charge on any atom is -0.462 e. The Morgan fingerprint density at radius 2 is 2.39 bits per heavy atom. The predicted molar refractivity (Wildman–Crippen MR) is 73.8 cm³/mol. The Hall–Kier alpha value is -1.01. The van der Waals surface area contributed by atoms with Gasteiger partial charge in [-0.3, -0.25) is 4.68 Å². The Labute approximate surface area is 112 Å². The first kappa shape index (κ1) is 15.0. The van der Waals surface area contributed by atoms with Gasteiger partial charge in [-0.25, -0.2) is 4.79 Å². The van der Waals surface area contributed by atoms with Crippen molar-refractivity contribution < 1.29 is 9.53 Å². The van der Waals surface area contributed by atoms with E-state index >= 15 is 0 Å². The largest absolute Gasteiger partial charge is 0.462 e. The molecule has 1 atom stereocenters.